The fourth-order valence-corrected chi connectivity index (χ4v) is 4.43. The highest BCUT2D eigenvalue weighted by Crippen LogP contribution is 2.54. The van der Waals surface area contributed by atoms with E-state index >= 15 is 0 Å². The summed E-state index contributed by atoms with van der Waals surface area (Å²) in [7, 11) is 0. The van der Waals surface area contributed by atoms with Gasteiger partial charge in [0.15, 0.2) is 5.60 Å². The number of hydrogen-bond acceptors (Lipinski definition) is 4. The van der Waals surface area contributed by atoms with Gasteiger partial charge in [-0.2, -0.15) is 0 Å². The molecular formula is C15H21ClO4. The van der Waals surface area contributed by atoms with Gasteiger partial charge >= 0.3 is 5.97 Å². The van der Waals surface area contributed by atoms with E-state index in [1.807, 2.05) is 13.0 Å². The number of aliphatic hydroxyl groups excluding tert-OH is 1. The molecule has 112 valence electrons. The first kappa shape index (κ1) is 14.4. The summed E-state index contributed by atoms with van der Waals surface area (Å²) in [4.78, 5) is 11.9. The highest BCUT2D eigenvalue weighted by atomic mass is 35.5. The van der Waals surface area contributed by atoms with E-state index in [1.54, 1.807) is 0 Å². The Morgan fingerprint density at radius 3 is 2.90 bits per heavy atom. The average Bonchev–Trinajstić information content (AvgIpc) is 2.65. The number of alkyl halides is 1. The van der Waals surface area contributed by atoms with Crippen LogP contribution in [0.5, 0.6) is 0 Å². The van der Waals surface area contributed by atoms with Crippen molar-refractivity contribution >= 4 is 17.6 Å². The first-order chi connectivity index (χ1) is 9.32. The molecule has 0 aromatic rings. The van der Waals surface area contributed by atoms with Gasteiger partial charge in [-0.15, -0.1) is 11.6 Å². The van der Waals surface area contributed by atoms with E-state index in [9.17, 15) is 15.0 Å². The zero-order valence-corrected chi connectivity index (χ0v) is 12.6. The molecule has 1 saturated heterocycles. The van der Waals surface area contributed by atoms with E-state index in [2.05, 4.69) is 6.92 Å². The van der Waals surface area contributed by atoms with Gasteiger partial charge in [0.25, 0.3) is 0 Å². The number of aliphatic hydroxyl groups is 2. The highest BCUT2D eigenvalue weighted by molar-refractivity contribution is 6.20. The van der Waals surface area contributed by atoms with Gasteiger partial charge in [-0.05, 0) is 24.7 Å². The van der Waals surface area contributed by atoms with E-state index in [1.165, 1.54) is 0 Å². The van der Waals surface area contributed by atoms with Gasteiger partial charge in [-0.25, -0.2) is 4.79 Å². The molecule has 0 bridgehead atoms. The predicted octanol–water partition coefficient (Wildman–Crippen LogP) is 1.63. The molecule has 1 aliphatic heterocycles. The van der Waals surface area contributed by atoms with Crippen molar-refractivity contribution in [3.63, 3.8) is 0 Å². The van der Waals surface area contributed by atoms with E-state index < -0.39 is 17.5 Å². The number of halogens is 1. The van der Waals surface area contributed by atoms with E-state index in [0.29, 0.717) is 6.42 Å². The minimum atomic E-state index is -1.62. The van der Waals surface area contributed by atoms with Crippen LogP contribution in [0.15, 0.2) is 11.6 Å². The quantitative estimate of drug-likeness (QED) is 0.439. The Labute approximate surface area is 123 Å². The minimum Gasteiger partial charge on any atom is -0.459 e. The van der Waals surface area contributed by atoms with Crippen LogP contribution < -0.4 is 0 Å². The summed E-state index contributed by atoms with van der Waals surface area (Å²) in [5.74, 6) is -1.13. The van der Waals surface area contributed by atoms with E-state index in [-0.39, 0.29) is 29.4 Å². The van der Waals surface area contributed by atoms with Crippen LogP contribution in [0.4, 0.5) is 0 Å². The molecule has 0 aromatic heterocycles. The van der Waals surface area contributed by atoms with Gasteiger partial charge < -0.3 is 14.9 Å². The molecule has 5 heteroatoms. The fraction of sp³-hybridized carbons (Fsp3) is 0.800. The normalized spacial score (nSPS) is 51.0. The van der Waals surface area contributed by atoms with Crippen LogP contribution in [0.25, 0.3) is 0 Å². The molecule has 3 rings (SSSR count). The number of carbonyl (C=O) groups excluding carboxylic acids is 1. The number of esters is 1. The smallest absolute Gasteiger partial charge is 0.340 e. The minimum absolute atomic E-state index is 0.0463. The Kier molecular flexibility index (Phi) is 3.20. The molecule has 4 nitrogen and oxygen atoms in total. The molecule has 0 amide bonds. The maximum absolute atomic E-state index is 11.9. The Bertz CT molecular complexity index is 476. The molecule has 0 spiro atoms. The maximum atomic E-state index is 11.9. The van der Waals surface area contributed by atoms with Crippen molar-refractivity contribution in [1.29, 1.82) is 0 Å². The van der Waals surface area contributed by atoms with Crippen molar-refractivity contribution in [3.05, 3.63) is 11.6 Å². The second-order valence-corrected chi connectivity index (χ2v) is 7.08. The second-order valence-electron chi connectivity index (χ2n) is 6.81. The highest BCUT2D eigenvalue weighted by Gasteiger charge is 2.59. The Balaban J connectivity index is 2.03. The number of hydrogen-bond donors (Lipinski definition) is 2. The van der Waals surface area contributed by atoms with Gasteiger partial charge in [0.1, 0.15) is 6.10 Å². The Morgan fingerprint density at radius 1 is 1.55 bits per heavy atom. The lowest BCUT2D eigenvalue weighted by atomic mass is 9.58. The molecule has 1 saturated carbocycles. The third-order valence-corrected chi connectivity index (χ3v) is 5.94. The van der Waals surface area contributed by atoms with Crippen molar-refractivity contribution < 1.29 is 19.7 Å². The lowest BCUT2D eigenvalue weighted by Crippen LogP contribution is -2.48. The fourth-order valence-electron chi connectivity index (χ4n) is 4.14. The number of carbonyl (C=O) groups is 1. The molecule has 2 unspecified atom stereocenters. The summed E-state index contributed by atoms with van der Waals surface area (Å²) in [6, 6.07) is 0. The lowest BCUT2D eigenvalue weighted by molar-refractivity contribution is -0.154. The molecule has 0 aromatic carbocycles. The first-order valence-corrected chi connectivity index (χ1v) is 7.75. The van der Waals surface area contributed by atoms with Crippen LogP contribution in [0.3, 0.4) is 0 Å². The Hall–Kier alpha value is -0.580. The van der Waals surface area contributed by atoms with Crippen molar-refractivity contribution in [2.24, 2.45) is 17.3 Å². The van der Waals surface area contributed by atoms with Crippen LogP contribution >= 0.6 is 11.6 Å². The summed E-state index contributed by atoms with van der Waals surface area (Å²) >= 11 is 5.81. The summed E-state index contributed by atoms with van der Waals surface area (Å²) in [6.07, 6.45) is 3.64. The first-order valence-electron chi connectivity index (χ1n) is 7.21. The predicted molar refractivity (Wildman–Crippen MR) is 74.3 cm³/mol. The summed E-state index contributed by atoms with van der Waals surface area (Å²) < 4.78 is 5.37. The summed E-state index contributed by atoms with van der Waals surface area (Å²) in [5.41, 5.74) is -0.542. The molecule has 1 heterocycles. The number of rotatable bonds is 1. The molecule has 0 radical (unpaired) electrons. The zero-order valence-electron chi connectivity index (χ0n) is 11.8. The number of fused-ring (bicyclic) bond motifs is 2. The molecule has 2 aliphatic carbocycles. The van der Waals surface area contributed by atoms with E-state index in [0.717, 1.165) is 18.4 Å². The molecule has 6 atom stereocenters. The standard InChI is InChI=1S/C15H21ClO4/c1-8-9-5-10-12(20-13(18)15(10,19)7-16)6-14(9,2)4-3-11(8)17/h5,8,10-12,17,19H,3-4,6-7H2,1-2H3/t8-,10?,11+,12?,14-,15-/m1/s1. The third kappa shape index (κ3) is 1.78. The molecule has 2 N–H and O–H groups in total. The second kappa shape index (κ2) is 4.46. The van der Waals surface area contributed by atoms with Gasteiger partial charge in [-0.3, -0.25) is 0 Å². The average molecular weight is 301 g/mol. The van der Waals surface area contributed by atoms with Crippen LogP contribution in [0, 0.1) is 17.3 Å². The van der Waals surface area contributed by atoms with Crippen molar-refractivity contribution in [2.45, 2.75) is 50.9 Å². The molecular weight excluding hydrogens is 280 g/mol. The van der Waals surface area contributed by atoms with Crippen molar-refractivity contribution in [3.8, 4) is 0 Å². The zero-order chi connectivity index (χ0) is 14.7. The van der Waals surface area contributed by atoms with E-state index in [4.69, 9.17) is 16.3 Å². The summed E-state index contributed by atoms with van der Waals surface area (Å²) in [6.45, 7) is 4.16. The van der Waals surface area contributed by atoms with Gasteiger partial charge in [0.2, 0.25) is 0 Å². The topological polar surface area (TPSA) is 66.8 Å². The Morgan fingerprint density at radius 2 is 2.25 bits per heavy atom. The summed E-state index contributed by atoms with van der Waals surface area (Å²) in [5, 5.41) is 20.6. The van der Waals surface area contributed by atoms with Gasteiger partial charge in [0.05, 0.1) is 17.9 Å². The molecule has 20 heavy (non-hydrogen) atoms. The van der Waals surface area contributed by atoms with Crippen LogP contribution in [-0.4, -0.2) is 39.9 Å². The van der Waals surface area contributed by atoms with Crippen LogP contribution in [0.1, 0.15) is 33.1 Å². The van der Waals surface area contributed by atoms with Gasteiger partial charge in [0, 0.05) is 5.92 Å². The lowest BCUT2D eigenvalue weighted by Gasteiger charge is -2.47. The monoisotopic (exact) mass is 300 g/mol. The number of ether oxygens (including phenoxy) is 1. The van der Waals surface area contributed by atoms with Crippen molar-refractivity contribution in [2.75, 3.05) is 5.88 Å². The van der Waals surface area contributed by atoms with Crippen LogP contribution in [0.2, 0.25) is 0 Å². The maximum Gasteiger partial charge on any atom is 0.340 e. The third-order valence-electron chi connectivity index (χ3n) is 5.53. The molecule has 2 fully saturated rings. The van der Waals surface area contributed by atoms with Crippen molar-refractivity contribution in [1.82, 2.24) is 0 Å². The van der Waals surface area contributed by atoms with Gasteiger partial charge in [-0.1, -0.05) is 25.5 Å². The molecule has 3 aliphatic rings. The largest absolute Gasteiger partial charge is 0.459 e. The van der Waals surface area contributed by atoms with Crippen LogP contribution in [-0.2, 0) is 9.53 Å². The SMILES string of the molecule is C[C@@H]1C2=CC3C(C[C@@]2(C)CC[C@@H]1O)OC(=O)[C@@]3(O)CCl.